The zero-order valence-electron chi connectivity index (χ0n) is 12.4. The molecule has 0 bridgehead atoms. The van der Waals surface area contributed by atoms with Crippen molar-refractivity contribution in [2.45, 2.75) is 0 Å². The van der Waals surface area contributed by atoms with Crippen molar-refractivity contribution < 1.29 is 14.3 Å². The molecule has 0 radical (unpaired) electrons. The lowest BCUT2D eigenvalue weighted by Gasteiger charge is -2.07. The van der Waals surface area contributed by atoms with E-state index < -0.39 is 0 Å². The zero-order chi connectivity index (χ0) is 16.0. The van der Waals surface area contributed by atoms with Crippen LogP contribution < -0.4 is 4.74 Å². The van der Waals surface area contributed by atoms with Crippen LogP contribution >= 0.6 is 0 Å². The van der Waals surface area contributed by atoms with Crippen LogP contribution in [0, 0.1) is 0 Å². The summed E-state index contributed by atoms with van der Waals surface area (Å²) >= 11 is 0. The number of imide groups is 1. The summed E-state index contributed by atoms with van der Waals surface area (Å²) in [6.45, 7) is 0. The van der Waals surface area contributed by atoms with E-state index in [9.17, 15) is 9.59 Å². The lowest BCUT2D eigenvalue weighted by Crippen LogP contribution is -2.24. The summed E-state index contributed by atoms with van der Waals surface area (Å²) < 4.78 is 5.85. The van der Waals surface area contributed by atoms with Gasteiger partial charge < -0.3 is 4.74 Å². The third-order valence-corrected chi connectivity index (χ3v) is 4.02. The molecule has 1 aliphatic rings. The molecule has 0 N–H and O–H groups in total. The maximum Gasteiger partial charge on any atom is 0.261 e. The van der Waals surface area contributed by atoms with Crippen LogP contribution in [0.4, 0.5) is 0 Å². The number of fused-ring (bicyclic) bond motifs is 2. The lowest BCUT2D eigenvalue weighted by atomic mass is 10.1. The maximum absolute atomic E-state index is 12.0. The normalized spacial score (nSPS) is 13.5. The molecule has 0 saturated heterocycles. The minimum Gasteiger partial charge on any atom is -0.457 e. The molecule has 0 fully saturated rings. The molecular weight excluding hydrogens is 290 g/mol. The molecule has 0 saturated carbocycles. The summed E-state index contributed by atoms with van der Waals surface area (Å²) in [5.41, 5.74) is 0.805. The molecule has 0 unspecified atom stereocenters. The molecule has 0 aromatic heterocycles. The third-order valence-electron chi connectivity index (χ3n) is 4.02. The van der Waals surface area contributed by atoms with Crippen LogP contribution in [-0.2, 0) is 0 Å². The van der Waals surface area contributed by atoms with E-state index in [2.05, 4.69) is 0 Å². The van der Waals surface area contributed by atoms with E-state index in [1.165, 1.54) is 7.05 Å². The fourth-order valence-electron chi connectivity index (χ4n) is 2.77. The molecular formula is C19H13NO3. The van der Waals surface area contributed by atoms with Gasteiger partial charge in [0.15, 0.2) is 0 Å². The first kappa shape index (κ1) is 13.5. The summed E-state index contributed by atoms with van der Waals surface area (Å²) in [4.78, 5) is 25.0. The van der Waals surface area contributed by atoms with Gasteiger partial charge in [0.05, 0.1) is 11.1 Å². The molecule has 0 atom stereocenters. The van der Waals surface area contributed by atoms with Crippen molar-refractivity contribution in [3.8, 4) is 11.5 Å². The highest BCUT2D eigenvalue weighted by Crippen LogP contribution is 2.30. The molecule has 1 aliphatic heterocycles. The first-order valence-corrected chi connectivity index (χ1v) is 7.26. The fraction of sp³-hybridized carbons (Fsp3) is 0.0526. The zero-order valence-corrected chi connectivity index (χ0v) is 12.4. The summed E-state index contributed by atoms with van der Waals surface area (Å²) in [7, 11) is 1.48. The summed E-state index contributed by atoms with van der Waals surface area (Å²) in [5, 5.41) is 2.22. The van der Waals surface area contributed by atoms with Crippen molar-refractivity contribution in [1.82, 2.24) is 4.90 Å². The van der Waals surface area contributed by atoms with E-state index in [4.69, 9.17) is 4.74 Å². The van der Waals surface area contributed by atoms with Crippen molar-refractivity contribution in [2.24, 2.45) is 0 Å². The Hall–Kier alpha value is -3.14. The average Bonchev–Trinajstić information content (AvgIpc) is 2.79. The average molecular weight is 303 g/mol. The maximum atomic E-state index is 12.0. The van der Waals surface area contributed by atoms with Gasteiger partial charge in [-0.3, -0.25) is 14.5 Å². The van der Waals surface area contributed by atoms with Crippen LogP contribution in [0.2, 0.25) is 0 Å². The number of amides is 2. The minimum absolute atomic E-state index is 0.276. The largest absolute Gasteiger partial charge is 0.457 e. The van der Waals surface area contributed by atoms with Gasteiger partial charge in [-0.15, -0.1) is 0 Å². The first-order valence-electron chi connectivity index (χ1n) is 7.26. The number of hydrogen-bond donors (Lipinski definition) is 0. The van der Waals surface area contributed by atoms with Crippen molar-refractivity contribution >= 4 is 22.6 Å². The van der Waals surface area contributed by atoms with E-state index in [1.807, 2.05) is 42.5 Å². The minimum atomic E-state index is -0.297. The topological polar surface area (TPSA) is 46.6 Å². The Kier molecular flexibility index (Phi) is 2.91. The van der Waals surface area contributed by atoms with Gasteiger partial charge in [0.2, 0.25) is 0 Å². The van der Waals surface area contributed by atoms with Gasteiger partial charge in [0.25, 0.3) is 11.8 Å². The molecule has 3 aromatic carbocycles. The van der Waals surface area contributed by atoms with Crippen molar-refractivity contribution in [1.29, 1.82) is 0 Å². The molecule has 4 heteroatoms. The first-order chi connectivity index (χ1) is 11.1. The standard InChI is InChI=1S/C19H13NO3/c1-20-18(21)16-9-8-15(11-17(16)19(20)22)23-14-7-6-12-4-2-3-5-13(12)10-14/h2-11H,1H3. The van der Waals surface area contributed by atoms with Crippen LogP contribution in [0.15, 0.2) is 60.7 Å². The molecule has 112 valence electrons. The molecule has 4 rings (SSSR count). The molecule has 23 heavy (non-hydrogen) atoms. The monoisotopic (exact) mass is 303 g/mol. The third kappa shape index (κ3) is 2.16. The molecule has 4 nitrogen and oxygen atoms in total. The summed E-state index contributed by atoms with van der Waals surface area (Å²) in [6.07, 6.45) is 0. The Morgan fingerprint density at radius 1 is 0.739 bits per heavy atom. The summed E-state index contributed by atoms with van der Waals surface area (Å²) in [5.74, 6) is 0.653. The number of nitrogens with zero attached hydrogens (tertiary/aromatic N) is 1. The van der Waals surface area contributed by atoms with Crippen molar-refractivity contribution in [3.05, 3.63) is 71.8 Å². The number of benzene rings is 3. The Balaban J connectivity index is 1.69. The van der Waals surface area contributed by atoms with Gasteiger partial charge in [0, 0.05) is 7.05 Å². The highest BCUT2D eigenvalue weighted by Gasteiger charge is 2.32. The van der Waals surface area contributed by atoms with E-state index in [1.54, 1.807) is 18.2 Å². The van der Waals surface area contributed by atoms with Gasteiger partial charge in [-0.2, -0.15) is 0 Å². The Morgan fingerprint density at radius 2 is 1.39 bits per heavy atom. The second-order valence-electron chi connectivity index (χ2n) is 5.49. The Bertz CT molecular complexity index is 962. The van der Waals surface area contributed by atoms with Gasteiger partial charge in [-0.25, -0.2) is 0 Å². The molecule has 3 aromatic rings. The number of carbonyl (C=O) groups is 2. The van der Waals surface area contributed by atoms with Crippen molar-refractivity contribution in [2.75, 3.05) is 7.05 Å². The van der Waals surface area contributed by atoms with E-state index in [-0.39, 0.29) is 11.8 Å². The smallest absolute Gasteiger partial charge is 0.261 e. The van der Waals surface area contributed by atoms with Gasteiger partial charge in [-0.1, -0.05) is 30.3 Å². The number of ether oxygens (including phenoxy) is 1. The van der Waals surface area contributed by atoms with Crippen LogP contribution in [0.5, 0.6) is 11.5 Å². The van der Waals surface area contributed by atoms with E-state index >= 15 is 0 Å². The molecule has 0 spiro atoms. The predicted molar refractivity (Wildman–Crippen MR) is 86.9 cm³/mol. The second-order valence-corrected chi connectivity index (χ2v) is 5.49. The Morgan fingerprint density at radius 3 is 2.22 bits per heavy atom. The highest BCUT2D eigenvalue weighted by atomic mass is 16.5. The lowest BCUT2D eigenvalue weighted by molar-refractivity contribution is 0.0693. The molecule has 0 aliphatic carbocycles. The van der Waals surface area contributed by atoms with Gasteiger partial charge in [0.1, 0.15) is 11.5 Å². The van der Waals surface area contributed by atoms with E-state index in [0.717, 1.165) is 15.7 Å². The summed E-state index contributed by atoms with van der Waals surface area (Å²) in [6, 6.07) is 18.8. The number of rotatable bonds is 2. The second kappa shape index (κ2) is 4.95. The van der Waals surface area contributed by atoms with Crippen LogP contribution in [-0.4, -0.2) is 23.8 Å². The van der Waals surface area contributed by atoms with Gasteiger partial charge in [-0.05, 0) is 41.1 Å². The predicted octanol–water partition coefficient (Wildman–Crippen LogP) is 3.86. The fourth-order valence-corrected chi connectivity index (χ4v) is 2.77. The quantitative estimate of drug-likeness (QED) is 0.675. The van der Waals surface area contributed by atoms with Crippen LogP contribution in [0.25, 0.3) is 10.8 Å². The van der Waals surface area contributed by atoms with Gasteiger partial charge >= 0.3 is 0 Å². The molecule has 1 heterocycles. The SMILES string of the molecule is CN1C(=O)c2ccc(Oc3ccc4ccccc4c3)cc2C1=O. The van der Waals surface area contributed by atoms with Crippen molar-refractivity contribution in [3.63, 3.8) is 0 Å². The Labute approximate surface area is 132 Å². The van der Waals surface area contributed by atoms with Crippen LogP contribution in [0.3, 0.4) is 0 Å². The van der Waals surface area contributed by atoms with E-state index in [0.29, 0.717) is 22.6 Å². The van der Waals surface area contributed by atoms with Crippen LogP contribution in [0.1, 0.15) is 20.7 Å². The number of hydrogen-bond acceptors (Lipinski definition) is 3. The highest BCUT2D eigenvalue weighted by molar-refractivity contribution is 6.21. The number of carbonyl (C=O) groups excluding carboxylic acids is 2. The molecule has 2 amide bonds.